The van der Waals surface area contributed by atoms with Crippen molar-refractivity contribution in [1.82, 2.24) is 0 Å². The number of aromatic carboxylic acids is 1. The van der Waals surface area contributed by atoms with Gasteiger partial charge in [-0.25, -0.2) is 9.18 Å². The van der Waals surface area contributed by atoms with Crippen LogP contribution in [-0.4, -0.2) is 11.1 Å². The first-order chi connectivity index (χ1) is 8.09. The van der Waals surface area contributed by atoms with Crippen molar-refractivity contribution in [3.63, 3.8) is 0 Å². The highest BCUT2D eigenvalue weighted by Gasteiger charge is 2.15. The Balaban J connectivity index is 2.65. The van der Waals surface area contributed by atoms with E-state index < -0.39 is 11.8 Å². The van der Waals surface area contributed by atoms with Crippen molar-refractivity contribution in [1.29, 1.82) is 0 Å². The average molecular weight is 230 g/mol. The summed E-state index contributed by atoms with van der Waals surface area (Å²) in [6, 6.07) is 11.2. The summed E-state index contributed by atoms with van der Waals surface area (Å²) in [5.41, 5.74) is 1.74. The van der Waals surface area contributed by atoms with Crippen molar-refractivity contribution in [2.75, 3.05) is 0 Å². The maximum Gasteiger partial charge on any atom is 0.336 e. The van der Waals surface area contributed by atoms with Gasteiger partial charge in [-0.15, -0.1) is 0 Å². The standard InChI is InChI=1S/C14H11FO2/c1-9-5-7-10(8-6-9)13-11(14(16)17)3-2-4-12(13)15/h2-8H,1H3,(H,16,17). The third-order valence-electron chi connectivity index (χ3n) is 2.58. The van der Waals surface area contributed by atoms with E-state index in [4.69, 9.17) is 5.11 Å². The predicted molar refractivity (Wildman–Crippen MR) is 63.5 cm³/mol. The Hall–Kier alpha value is -2.16. The summed E-state index contributed by atoms with van der Waals surface area (Å²) in [6.45, 7) is 1.92. The fourth-order valence-electron chi connectivity index (χ4n) is 1.72. The lowest BCUT2D eigenvalue weighted by atomic mass is 9.98. The molecule has 0 aliphatic rings. The second-order valence-electron chi connectivity index (χ2n) is 3.83. The van der Waals surface area contributed by atoms with Crippen molar-refractivity contribution >= 4 is 5.97 Å². The summed E-state index contributed by atoms with van der Waals surface area (Å²) in [4.78, 5) is 11.0. The van der Waals surface area contributed by atoms with Crippen LogP contribution in [0.5, 0.6) is 0 Å². The van der Waals surface area contributed by atoms with Crippen molar-refractivity contribution in [2.45, 2.75) is 6.92 Å². The predicted octanol–water partition coefficient (Wildman–Crippen LogP) is 3.50. The molecule has 0 saturated heterocycles. The van der Waals surface area contributed by atoms with Crippen molar-refractivity contribution in [3.05, 3.63) is 59.4 Å². The lowest BCUT2D eigenvalue weighted by Crippen LogP contribution is -2.01. The van der Waals surface area contributed by atoms with Crippen molar-refractivity contribution in [2.24, 2.45) is 0 Å². The number of carboxylic acid groups (broad SMARTS) is 1. The van der Waals surface area contributed by atoms with Gasteiger partial charge in [-0.2, -0.15) is 0 Å². The number of rotatable bonds is 2. The van der Waals surface area contributed by atoms with Crippen LogP contribution in [0.2, 0.25) is 0 Å². The molecular weight excluding hydrogens is 219 g/mol. The Kier molecular flexibility index (Phi) is 2.91. The van der Waals surface area contributed by atoms with Gasteiger partial charge in [0, 0.05) is 5.56 Å². The second kappa shape index (κ2) is 4.37. The number of carbonyl (C=O) groups is 1. The molecule has 0 aliphatic carbocycles. The second-order valence-corrected chi connectivity index (χ2v) is 3.83. The topological polar surface area (TPSA) is 37.3 Å². The molecule has 0 bridgehead atoms. The summed E-state index contributed by atoms with van der Waals surface area (Å²) < 4.78 is 13.7. The van der Waals surface area contributed by atoms with Gasteiger partial charge in [0.15, 0.2) is 0 Å². The van der Waals surface area contributed by atoms with Crippen LogP contribution >= 0.6 is 0 Å². The number of carboxylic acids is 1. The summed E-state index contributed by atoms with van der Waals surface area (Å²) in [5, 5.41) is 9.04. The van der Waals surface area contributed by atoms with Gasteiger partial charge in [0.25, 0.3) is 0 Å². The number of hydrogen-bond donors (Lipinski definition) is 1. The van der Waals surface area contributed by atoms with E-state index in [-0.39, 0.29) is 11.1 Å². The van der Waals surface area contributed by atoms with Crippen LogP contribution in [0.25, 0.3) is 11.1 Å². The summed E-state index contributed by atoms with van der Waals surface area (Å²) >= 11 is 0. The third-order valence-corrected chi connectivity index (χ3v) is 2.58. The smallest absolute Gasteiger partial charge is 0.336 e. The molecular formula is C14H11FO2. The van der Waals surface area contributed by atoms with Gasteiger partial charge in [0.2, 0.25) is 0 Å². The molecule has 0 amide bonds. The zero-order valence-electron chi connectivity index (χ0n) is 9.27. The minimum absolute atomic E-state index is 0.0196. The summed E-state index contributed by atoms with van der Waals surface area (Å²) in [7, 11) is 0. The van der Waals surface area contributed by atoms with Gasteiger partial charge in [-0.1, -0.05) is 35.9 Å². The van der Waals surface area contributed by atoms with Crippen LogP contribution in [0.3, 0.4) is 0 Å². The normalized spacial score (nSPS) is 10.2. The van der Waals surface area contributed by atoms with E-state index >= 15 is 0 Å². The van der Waals surface area contributed by atoms with Crippen LogP contribution in [0.15, 0.2) is 42.5 Å². The fourth-order valence-corrected chi connectivity index (χ4v) is 1.72. The van der Waals surface area contributed by atoms with Crippen LogP contribution in [0, 0.1) is 12.7 Å². The van der Waals surface area contributed by atoms with Gasteiger partial charge in [0.1, 0.15) is 5.82 Å². The number of hydrogen-bond acceptors (Lipinski definition) is 1. The largest absolute Gasteiger partial charge is 0.478 e. The van der Waals surface area contributed by atoms with Crippen LogP contribution in [-0.2, 0) is 0 Å². The van der Waals surface area contributed by atoms with E-state index in [0.29, 0.717) is 5.56 Å². The molecule has 0 heterocycles. The molecule has 2 rings (SSSR count). The van der Waals surface area contributed by atoms with Gasteiger partial charge in [-0.3, -0.25) is 0 Å². The van der Waals surface area contributed by atoms with Crippen LogP contribution in [0.4, 0.5) is 4.39 Å². The monoisotopic (exact) mass is 230 g/mol. The zero-order valence-corrected chi connectivity index (χ0v) is 9.27. The molecule has 86 valence electrons. The lowest BCUT2D eigenvalue weighted by Gasteiger charge is -2.07. The van der Waals surface area contributed by atoms with E-state index in [9.17, 15) is 9.18 Å². The van der Waals surface area contributed by atoms with E-state index in [1.807, 2.05) is 19.1 Å². The highest BCUT2D eigenvalue weighted by Crippen LogP contribution is 2.27. The lowest BCUT2D eigenvalue weighted by molar-refractivity contribution is 0.0697. The average Bonchev–Trinajstić information content (AvgIpc) is 2.30. The number of halogens is 1. The minimum Gasteiger partial charge on any atom is -0.478 e. The quantitative estimate of drug-likeness (QED) is 0.857. The molecule has 1 N–H and O–H groups in total. The Bertz CT molecular complexity index is 559. The van der Waals surface area contributed by atoms with Gasteiger partial charge >= 0.3 is 5.97 Å². The highest BCUT2D eigenvalue weighted by atomic mass is 19.1. The van der Waals surface area contributed by atoms with Crippen molar-refractivity contribution in [3.8, 4) is 11.1 Å². The van der Waals surface area contributed by atoms with Gasteiger partial charge in [-0.05, 0) is 24.6 Å². The molecule has 0 saturated carbocycles. The van der Waals surface area contributed by atoms with E-state index in [2.05, 4.69) is 0 Å². The fraction of sp³-hybridized carbons (Fsp3) is 0.0714. The maximum atomic E-state index is 13.7. The maximum absolute atomic E-state index is 13.7. The summed E-state index contributed by atoms with van der Waals surface area (Å²) in [6.07, 6.45) is 0. The van der Waals surface area contributed by atoms with Crippen molar-refractivity contribution < 1.29 is 14.3 Å². The van der Waals surface area contributed by atoms with Gasteiger partial charge in [0.05, 0.1) is 5.56 Å². The molecule has 2 aromatic carbocycles. The highest BCUT2D eigenvalue weighted by molar-refractivity contribution is 5.96. The minimum atomic E-state index is -1.12. The zero-order chi connectivity index (χ0) is 12.4. The molecule has 2 nitrogen and oxygen atoms in total. The summed E-state index contributed by atoms with van der Waals surface area (Å²) in [5.74, 6) is -1.64. The molecule has 3 heteroatoms. The van der Waals surface area contributed by atoms with Crippen LogP contribution < -0.4 is 0 Å². The molecule has 17 heavy (non-hydrogen) atoms. The molecule has 0 fully saturated rings. The molecule has 0 aromatic heterocycles. The third kappa shape index (κ3) is 2.18. The molecule has 0 aliphatic heterocycles. The van der Waals surface area contributed by atoms with E-state index in [1.165, 1.54) is 18.2 Å². The molecule has 2 aromatic rings. The SMILES string of the molecule is Cc1ccc(-c2c(F)cccc2C(=O)O)cc1. The Morgan fingerprint density at radius 1 is 1.12 bits per heavy atom. The van der Waals surface area contributed by atoms with Gasteiger partial charge < -0.3 is 5.11 Å². The first-order valence-electron chi connectivity index (χ1n) is 5.18. The van der Waals surface area contributed by atoms with E-state index in [1.54, 1.807) is 12.1 Å². The Morgan fingerprint density at radius 3 is 2.35 bits per heavy atom. The number of aryl methyl sites for hydroxylation is 1. The van der Waals surface area contributed by atoms with Crippen LogP contribution in [0.1, 0.15) is 15.9 Å². The van der Waals surface area contributed by atoms with E-state index in [0.717, 1.165) is 5.56 Å². The molecule has 0 radical (unpaired) electrons. The Labute approximate surface area is 98.3 Å². The molecule has 0 unspecified atom stereocenters. The Morgan fingerprint density at radius 2 is 1.76 bits per heavy atom. The number of benzene rings is 2. The molecule has 0 spiro atoms. The first-order valence-corrected chi connectivity index (χ1v) is 5.18. The molecule has 0 atom stereocenters. The first kappa shape index (κ1) is 11.3.